The second kappa shape index (κ2) is 7.47. The minimum Gasteiger partial charge on any atom is -0.480 e. The molecule has 2 rings (SSSR count). The molecule has 122 valence electrons. The number of amides is 1. The van der Waals surface area contributed by atoms with Crippen molar-refractivity contribution in [2.45, 2.75) is 26.3 Å². The maximum absolute atomic E-state index is 12.6. The van der Waals surface area contributed by atoms with Crippen LogP contribution in [0.2, 0.25) is 5.02 Å². The average molecular weight is 370 g/mol. The Kier molecular flexibility index (Phi) is 5.84. The Hall–Kier alpha value is -1.37. The molecule has 4 nitrogen and oxygen atoms in total. The summed E-state index contributed by atoms with van der Waals surface area (Å²) in [5.41, 5.74) is 0.772. The lowest BCUT2D eigenvalue weighted by molar-refractivity contribution is -0.145. The van der Waals surface area contributed by atoms with Gasteiger partial charge in [0.25, 0.3) is 5.91 Å². The number of carbonyl (C=O) groups is 2. The number of thiocarbonyl (C=S) groups is 1. The fraction of sp³-hybridized carbons (Fsp3) is 0.312. The van der Waals surface area contributed by atoms with E-state index in [9.17, 15) is 14.7 Å². The number of benzene rings is 1. The van der Waals surface area contributed by atoms with Crippen LogP contribution >= 0.6 is 35.6 Å². The first-order chi connectivity index (χ1) is 10.8. The summed E-state index contributed by atoms with van der Waals surface area (Å²) in [6, 6.07) is 6.15. The number of carboxylic acids is 1. The van der Waals surface area contributed by atoms with E-state index in [2.05, 4.69) is 0 Å². The highest BCUT2D eigenvalue weighted by atomic mass is 35.5. The van der Waals surface area contributed by atoms with Crippen LogP contribution in [0.1, 0.15) is 25.8 Å². The van der Waals surface area contributed by atoms with Gasteiger partial charge in [-0.3, -0.25) is 9.69 Å². The van der Waals surface area contributed by atoms with E-state index in [1.165, 1.54) is 4.90 Å². The molecule has 23 heavy (non-hydrogen) atoms. The van der Waals surface area contributed by atoms with Crippen LogP contribution in [-0.4, -0.2) is 32.2 Å². The highest BCUT2D eigenvalue weighted by molar-refractivity contribution is 8.26. The summed E-state index contributed by atoms with van der Waals surface area (Å²) in [7, 11) is 0. The third-order valence-corrected chi connectivity index (χ3v) is 4.83. The van der Waals surface area contributed by atoms with E-state index >= 15 is 0 Å². The van der Waals surface area contributed by atoms with E-state index in [1.807, 2.05) is 19.9 Å². The molecule has 1 aliphatic heterocycles. The van der Waals surface area contributed by atoms with Crippen molar-refractivity contribution in [3.8, 4) is 0 Å². The lowest BCUT2D eigenvalue weighted by Gasteiger charge is -2.24. The monoisotopic (exact) mass is 369 g/mol. The lowest BCUT2D eigenvalue weighted by Crippen LogP contribution is -2.44. The van der Waals surface area contributed by atoms with E-state index in [4.69, 9.17) is 23.8 Å². The number of halogens is 1. The molecule has 1 aromatic rings. The maximum Gasteiger partial charge on any atom is 0.326 e. The fourth-order valence-corrected chi connectivity index (χ4v) is 3.81. The largest absolute Gasteiger partial charge is 0.480 e. The number of nitrogens with zero attached hydrogens (tertiary/aromatic N) is 1. The van der Waals surface area contributed by atoms with Gasteiger partial charge in [0.05, 0.1) is 4.91 Å². The first-order valence-corrected chi connectivity index (χ1v) is 8.65. The van der Waals surface area contributed by atoms with E-state index in [1.54, 1.807) is 24.3 Å². The zero-order valence-corrected chi connectivity index (χ0v) is 15.0. The van der Waals surface area contributed by atoms with Crippen molar-refractivity contribution in [3.63, 3.8) is 0 Å². The van der Waals surface area contributed by atoms with Gasteiger partial charge >= 0.3 is 5.97 Å². The van der Waals surface area contributed by atoms with Crippen molar-refractivity contribution < 1.29 is 14.7 Å². The molecule has 0 radical (unpaired) electrons. The Bertz CT molecular complexity index is 688. The van der Waals surface area contributed by atoms with Gasteiger partial charge in [-0.05, 0) is 36.1 Å². The summed E-state index contributed by atoms with van der Waals surface area (Å²) in [5, 5.41) is 10.00. The molecule has 0 aromatic heterocycles. The Labute approximate surface area is 149 Å². The molecular weight excluding hydrogens is 354 g/mol. The third-order valence-electron chi connectivity index (χ3n) is 3.26. The number of thioether (sulfide) groups is 1. The molecule has 1 heterocycles. The van der Waals surface area contributed by atoms with Crippen LogP contribution in [0.5, 0.6) is 0 Å². The van der Waals surface area contributed by atoms with Crippen molar-refractivity contribution in [1.29, 1.82) is 0 Å². The van der Waals surface area contributed by atoms with Gasteiger partial charge in [-0.2, -0.15) is 0 Å². The summed E-state index contributed by atoms with van der Waals surface area (Å²) in [4.78, 5) is 25.7. The van der Waals surface area contributed by atoms with Crippen LogP contribution in [0.4, 0.5) is 0 Å². The van der Waals surface area contributed by atoms with Crippen molar-refractivity contribution in [1.82, 2.24) is 4.90 Å². The van der Waals surface area contributed by atoms with Crippen LogP contribution in [-0.2, 0) is 9.59 Å². The molecule has 7 heteroatoms. The average Bonchev–Trinajstić information content (AvgIpc) is 2.71. The van der Waals surface area contributed by atoms with Crippen LogP contribution in [0.15, 0.2) is 29.2 Å². The summed E-state index contributed by atoms with van der Waals surface area (Å²) in [6.45, 7) is 3.82. The summed E-state index contributed by atoms with van der Waals surface area (Å²) in [5.74, 6) is -1.27. The number of hydrogen-bond acceptors (Lipinski definition) is 4. The zero-order valence-electron chi connectivity index (χ0n) is 12.7. The maximum atomic E-state index is 12.6. The Morgan fingerprint density at radius 2 is 2.17 bits per heavy atom. The molecule has 0 bridgehead atoms. The van der Waals surface area contributed by atoms with Gasteiger partial charge < -0.3 is 5.11 Å². The van der Waals surface area contributed by atoms with Gasteiger partial charge in [0.2, 0.25) is 0 Å². The summed E-state index contributed by atoms with van der Waals surface area (Å²) < 4.78 is 0.274. The molecule has 1 aromatic carbocycles. The Morgan fingerprint density at radius 1 is 1.48 bits per heavy atom. The molecule has 1 N–H and O–H groups in total. The first-order valence-electron chi connectivity index (χ1n) is 7.05. The number of hydrogen-bond donors (Lipinski definition) is 1. The van der Waals surface area contributed by atoms with Crippen molar-refractivity contribution in [2.75, 3.05) is 0 Å². The SMILES string of the molecule is CC(C)CC(C(=O)O)N1C(=O)/C(=C/c2cccc(Cl)c2)SC1=S. The van der Waals surface area contributed by atoms with Crippen LogP contribution < -0.4 is 0 Å². The van der Waals surface area contributed by atoms with Crippen molar-refractivity contribution in [2.24, 2.45) is 5.92 Å². The van der Waals surface area contributed by atoms with Gasteiger partial charge in [0, 0.05) is 5.02 Å². The van der Waals surface area contributed by atoms with Crippen LogP contribution in [0, 0.1) is 5.92 Å². The molecule has 0 saturated carbocycles. The highest BCUT2D eigenvalue weighted by Gasteiger charge is 2.40. The lowest BCUT2D eigenvalue weighted by atomic mass is 10.0. The number of carbonyl (C=O) groups excluding carboxylic acids is 1. The molecule has 0 spiro atoms. The second-order valence-electron chi connectivity index (χ2n) is 5.59. The number of carboxylic acid groups (broad SMARTS) is 1. The van der Waals surface area contributed by atoms with Gasteiger partial charge in [-0.25, -0.2) is 4.79 Å². The molecule has 0 aliphatic carbocycles. The van der Waals surface area contributed by atoms with Gasteiger partial charge in [-0.15, -0.1) is 0 Å². The van der Waals surface area contributed by atoms with Crippen molar-refractivity contribution in [3.05, 3.63) is 39.8 Å². The third kappa shape index (κ3) is 4.34. The van der Waals surface area contributed by atoms with E-state index in [0.29, 0.717) is 16.3 Å². The van der Waals surface area contributed by atoms with Crippen LogP contribution in [0.3, 0.4) is 0 Å². The summed E-state index contributed by atoms with van der Waals surface area (Å²) in [6.07, 6.45) is 2.03. The van der Waals surface area contributed by atoms with Crippen molar-refractivity contribution >= 4 is 57.9 Å². The minimum absolute atomic E-state index is 0.137. The predicted molar refractivity (Wildman–Crippen MR) is 97.3 cm³/mol. The van der Waals surface area contributed by atoms with E-state index in [0.717, 1.165) is 17.3 Å². The van der Waals surface area contributed by atoms with Gasteiger partial charge in [0.1, 0.15) is 10.4 Å². The molecule has 1 saturated heterocycles. The van der Waals surface area contributed by atoms with Crippen LogP contribution in [0.25, 0.3) is 6.08 Å². The zero-order chi connectivity index (χ0) is 17.1. The van der Waals surface area contributed by atoms with Gasteiger partial charge in [-0.1, -0.05) is 61.6 Å². The summed E-state index contributed by atoms with van der Waals surface area (Å²) >= 11 is 12.3. The van der Waals surface area contributed by atoms with E-state index in [-0.39, 0.29) is 16.1 Å². The second-order valence-corrected chi connectivity index (χ2v) is 7.70. The quantitative estimate of drug-likeness (QED) is 0.627. The number of rotatable bonds is 5. The highest BCUT2D eigenvalue weighted by Crippen LogP contribution is 2.35. The normalized spacial score (nSPS) is 18.1. The first kappa shape index (κ1) is 18.0. The minimum atomic E-state index is -1.04. The Balaban J connectivity index is 2.30. The molecule has 1 amide bonds. The van der Waals surface area contributed by atoms with E-state index < -0.39 is 12.0 Å². The molecule has 1 aliphatic rings. The molecular formula is C16H16ClNO3S2. The number of aliphatic carboxylic acids is 1. The molecule has 1 unspecified atom stereocenters. The smallest absolute Gasteiger partial charge is 0.326 e. The topological polar surface area (TPSA) is 57.6 Å². The molecule has 1 atom stereocenters. The molecule has 1 fully saturated rings. The van der Waals surface area contributed by atoms with Gasteiger partial charge in [0.15, 0.2) is 0 Å². The standard InChI is InChI=1S/C16H16ClNO3S2/c1-9(2)6-12(15(20)21)18-14(19)13(23-16(18)22)8-10-4-3-5-11(17)7-10/h3-5,7-9,12H,6H2,1-2H3,(H,20,21)/b13-8-. The predicted octanol–water partition coefficient (Wildman–Crippen LogP) is 4.04. The Morgan fingerprint density at radius 3 is 2.74 bits per heavy atom. The fourth-order valence-electron chi connectivity index (χ4n) is 2.26.